The van der Waals surface area contributed by atoms with Crippen molar-refractivity contribution in [3.63, 3.8) is 0 Å². The summed E-state index contributed by atoms with van der Waals surface area (Å²) in [6.07, 6.45) is 3.49. The summed E-state index contributed by atoms with van der Waals surface area (Å²) in [4.78, 5) is 14.3. The lowest BCUT2D eigenvalue weighted by molar-refractivity contribution is -0.131. The number of amides is 1. The van der Waals surface area contributed by atoms with Gasteiger partial charge in [0.1, 0.15) is 5.76 Å². The molecule has 3 heteroatoms. The zero-order valence-corrected chi connectivity index (χ0v) is 16.0. The Morgan fingerprint density at radius 1 is 0.963 bits per heavy atom. The third kappa shape index (κ3) is 5.10. The van der Waals surface area contributed by atoms with E-state index in [1.165, 1.54) is 5.56 Å². The molecule has 0 spiro atoms. The van der Waals surface area contributed by atoms with Gasteiger partial charge in [-0.15, -0.1) is 0 Å². The fraction of sp³-hybridized carbons (Fsp3) is 0.292. The Bertz CT molecular complexity index is 812. The Labute approximate surface area is 161 Å². The van der Waals surface area contributed by atoms with Crippen LogP contribution in [0.2, 0.25) is 0 Å². The molecule has 0 bridgehead atoms. The molecule has 0 aliphatic rings. The standard InChI is InChI=1S/C24H27NO2/c1-19(22-12-7-4-8-13-22)25(20(2)26)16-15-23(24-14-9-17-27-24)18-21-10-5-3-6-11-21/h3-14,17,19,23H,15-16,18H2,1-2H3/t19-,23-/m0/s1. The van der Waals surface area contributed by atoms with E-state index < -0.39 is 0 Å². The SMILES string of the molecule is CC(=O)N(CC[C@@H](Cc1ccccc1)c1ccco1)[C@@H](C)c1ccccc1. The van der Waals surface area contributed by atoms with E-state index in [0.29, 0.717) is 6.54 Å². The molecule has 0 saturated carbocycles. The summed E-state index contributed by atoms with van der Waals surface area (Å²) >= 11 is 0. The van der Waals surface area contributed by atoms with Gasteiger partial charge in [0.15, 0.2) is 0 Å². The topological polar surface area (TPSA) is 33.5 Å². The van der Waals surface area contributed by atoms with Gasteiger partial charge in [0, 0.05) is 19.4 Å². The summed E-state index contributed by atoms with van der Waals surface area (Å²) in [5, 5.41) is 0. The van der Waals surface area contributed by atoms with Crippen molar-refractivity contribution in [2.45, 2.75) is 38.6 Å². The molecule has 140 valence electrons. The maximum absolute atomic E-state index is 12.3. The van der Waals surface area contributed by atoms with Gasteiger partial charge in [-0.2, -0.15) is 0 Å². The van der Waals surface area contributed by atoms with Crippen LogP contribution in [0.3, 0.4) is 0 Å². The van der Waals surface area contributed by atoms with Crippen molar-refractivity contribution >= 4 is 5.91 Å². The predicted molar refractivity (Wildman–Crippen MR) is 108 cm³/mol. The number of furan rings is 1. The lowest BCUT2D eigenvalue weighted by Gasteiger charge is -2.30. The van der Waals surface area contributed by atoms with Crippen molar-refractivity contribution in [2.75, 3.05) is 6.54 Å². The summed E-state index contributed by atoms with van der Waals surface area (Å²) in [6, 6.07) is 24.7. The molecule has 3 nitrogen and oxygen atoms in total. The van der Waals surface area contributed by atoms with Gasteiger partial charge in [0.2, 0.25) is 5.91 Å². The predicted octanol–water partition coefficient (Wildman–Crippen LogP) is 5.61. The zero-order chi connectivity index (χ0) is 19.1. The molecule has 3 aromatic rings. The summed E-state index contributed by atoms with van der Waals surface area (Å²) in [6.45, 7) is 4.44. The molecule has 0 fully saturated rings. The minimum Gasteiger partial charge on any atom is -0.469 e. The number of benzene rings is 2. The number of hydrogen-bond donors (Lipinski definition) is 0. The molecule has 0 aliphatic heterocycles. The highest BCUT2D eigenvalue weighted by molar-refractivity contribution is 5.73. The van der Waals surface area contributed by atoms with E-state index in [4.69, 9.17) is 4.42 Å². The third-order valence-electron chi connectivity index (χ3n) is 5.14. The maximum atomic E-state index is 12.3. The second-order valence-electron chi connectivity index (χ2n) is 6.99. The zero-order valence-electron chi connectivity index (χ0n) is 16.0. The molecule has 2 atom stereocenters. The first-order valence-electron chi connectivity index (χ1n) is 9.54. The number of nitrogens with zero attached hydrogens (tertiary/aromatic N) is 1. The van der Waals surface area contributed by atoms with Crippen molar-refractivity contribution in [3.8, 4) is 0 Å². The van der Waals surface area contributed by atoms with Gasteiger partial charge in [-0.1, -0.05) is 60.7 Å². The first-order valence-corrected chi connectivity index (χ1v) is 9.54. The molecular formula is C24H27NO2. The van der Waals surface area contributed by atoms with Crippen LogP contribution in [0, 0.1) is 0 Å². The molecule has 1 heterocycles. The van der Waals surface area contributed by atoms with Crippen LogP contribution in [0.15, 0.2) is 83.5 Å². The molecular weight excluding hydrogens is 334 g/mol. The van der Waals surface area contributed by atoms with Crippen molar-refractivity contribution in [1.82, 2.24) is 4.90 Å². The van der Waals surface area contributed by atoms with Crippen LogP contribution in [-0.4, -0.2) is 17.4 Å². The number of carbonyl (C=O) groups is 1. The Kier molecular flexibility index (Phi) is 6.48. The quantitative estimate of drug-likeness (QED) is 0.523. The Balaban J connectivity index is 1.73. The second-order valence-corrected chi connectivity index (χ2v) is 6.99. The van der Waals surface area contributed by atoms with Crippen LogP contribution in [0.1, 0.15) is 49.1 Å². The highest BCUT2D eigenvalue weighted by Crippen LogP contribution is 2.28. The van der Waals surface area contributed by atoms with E-state index in [9.17, 15) is 4.79 Å². The van der Waals surface area contributed by atoms with Crippen LogP contribution in [0.25, 0.3) is 0 Å². The summed E-state index contributed by atoms with van der Waals surface area (Å²) < 4.78 is 5.70. The van der Waals surface area contributed by atoms with E-state index in [-0.39, 0.29) is 17.9 Å². The number of rotatable bonds is 8. The van der Waals surface area contributed by atoms with Crippen molar-refractivity contribution in [3.05, 3.63) is 95.9 Å². The van der Waals surface area contributed by atoms with Crippen LogP contribution >= 0.6 is 0 Å². The van der Waals surface area contributed by atoms with Gasteiger partial charge in [0.05, 0.1) is 12.3 Å². The monoisotopic (exact) mass is 361 g/mol. The molecule has 0 saturated heterocycles. The van der Waals surface area contributed by atoms with Crippen molar-refractivity contribution in [1.29, 1.82) is 0 Å². The molecule has 0 N–H and O–H groups in total. The van der Waals surface area contributed by atoms with Crippen molar-refractivity contribution in [2.24, 2.45) is 0 Å². The summed E-state index contributed by atoms with van der Waals surface area (Å²) in [5.74, 6) is 1.33. The van der Waals surface area contributed by atoms with Crippen LogP contribution in [0.4, 0.5) is 0 Å². The van der Waals surface area contributed by atoms with Crippen LogP contribution < -0.4 is 0 Å². The third-order valence-corrected chi connectivity index (χ3v) is 5.14. The van der Waals surface area contributed by atoms with E-state index in [1.807, 2.05) is 41.3 Å². The molecule has 0 unspecified atom stereocenters. The Hall–Kier alpha value is -2.81. The van der Waals surface area contributed by atoms with Gasteiger partial charge in [-0.25, -0.2) is 0 Å². The van der Waals surface area contributed by atoms with Gasteiger partial charge in [0.25, 0.3) is 0 Å². The number of hydrogen-bond acceptors (Lipinski definition) is 2. The minimum absolute atomic E-state index is 0.0534. The van der Waals surface area contributed by atoms with Gasteiger partial charge in [-0.05, 0) is 43.0 Å². The van der Waals surface area contributed by atoms with Gasteiger partial charge < -0.3 is 9.32 Å². The molecule has 3 rings (SSSR count). The van der Waals surface area contributed by atoms with Crippen molar-refractivity contribution < 1.29 is 9.21 Å². The first kappa shape index (κ1) is 19.0. The fourth-order valence-corrected chi connectivity index (χ4v) is 3.60. The van der Waals surface area contributed by atoms with E-state index in [0.717, 1.165) is 24.2 Å². The number of carbonyl (C=O) groups excluding carboxylic acids is 1. The van der Waals surface area contributed by atoms with Crippen LogP contribution in [0.5, 0.6) is 0 Å². The van der Waals surface area contributed by atoms with Gasteiger partial charge >= 0.3 is 0 Å². The highest BCUT2D eigenvalue weighted by atomic mass is 16.3. The normalized spacial score (nSPS) is 13.1. The minimum atomic E-state index is 0.0534. The summed E-state index contributed by atoms with van der Waals surface area (Å²) in [7, 11) is 0. The molecule has 0 radical (unpaired) electrons. The second kappa shape index (κ2) is 9.22. The average Bonchev–Trinajstić information content (AvgIpc) is 3.23. The van der Waals surface area contributed by atoms with Crippen LogP contribution in [-0.2, 0) is 11.2 Å². The smallest absolute Gasteiger partial charge is 0.219 e. The molecule has 2 aromatic carbocycles. The molecule has 27 heavy (non-hydrogen) atoms. The lowest BCUT2D eigenvalue weighted by atomic mass is 9.93. The molecule has 1 amide bonds. The average molecular weight is 361 g/mol. The van der Waals surface area contributed by atoms with E-state index in [2.05, 4.69) is 43.3 Å². The molecule has 1 aromatic heterocycles. The lowest BCUT2D eigenvalue weighted by Crippen LogP contribution is -2.33. The summed E-state index contributed by atoms with van der Waals surface area (Å²) in [5.41, 5.74) is 2.44. The highest BCUT2D eigenvalue weighted by Gasteiger charge is 2.22. The molecule has 0 aliphatic carbocycles. The Morgan fingerprint density at radius 3 is 2.22 bits per heavy atom. The largest absolute Gasteiger partial charge is 0.469 e. The van der Waals surface area contributed by atoms with E-state index in [1.54, 1.807) is 13.2 Å². The fourth-order valence-electron chi connectivity index (χ4n) is 3.60. The maximum Gasteiger partial charge on any atom is 0.219 e. The van der Waals surface area contributed by atoms with E-state index >= 15 is 0 Å². The Morgan fingerprint density at radius 2 is 1.63 bits per heavy atom. The van der Waals surface area contributed by atoms with Gasteiger partial charge in [-0.3, -0.25) is 4.79 Å². The first-order chi connectivity index (χ1) is 13.1.